The number of thioether (sulfide) groups is 1. The van der Waals surface area contributed by atoms with Gasteiger partial charge in [0.05, 0.1) is 11.5 Å². The molecule has 0 unspecified atom stereocenters. The fraction of sp³-hybridized carbons (Fsp3) is 0.364. The van der Waals surface area contributed by atoms with E-state index in [1.165, 1.54) is 0 Å². The van der Waals surface area contributed by atoms with Crippen molar-refractivity contribution in [3.63, 3.8) is 0 Å². The summed E-state index contributed by atoms with van der Waals surface area (Å²) in [7, 11) is 1.70. The molecule has 0 saturated heterocycles. The Morgan fingerprint density at radius 1 is 1.35 bits per heavy atom. The second-order valence-corrected chi connectivity index (χ2v) is 4.48. The molecule has 6 heteroatoms. The van der Waals surface area contributed by atoms with Gasteiger partial charge in [-0.1, -0.05) is 0 Å². The smallest absolute Gasteiger partial charge is 0.313 e. The van der Waals surface area contributed by atoms with E-state index in [4.69, 9.17) is 5.11 Å². The number of hydrogen-bond donors (Lipinski definition) is 1. The summed E-state index contributed by atoms with van der Waals surface area (Å²) in [5.41, 5.74) is 0.999. The van der Waals surface area contributed by atoms with E-state index >= 15 is 0 Å². The highest BCUT2D eigenvalue weighted by molar-refractivity contribution is 8.00. The zero-order valence-corrected chi connectivity index (χ0v) is 10.3. The number of hydrogen-bond acceptors (Lipinski definition) is 4. The van der Waals surface area contributed by atoms with Crippen molar-refractivity contribution in [1.82, 2.24) is 9.88 Å². The molecule has 17 heavy (non-hydrogen) atoms. The van der Waals surface area contributed by atoms with Crippen LogP contribution in [0.5, 0.6) is 0 Å². The second kappa shape index (κ2) is 6.90. The molecule has 0 aliphatic heterocycles. The van der Waals surface area contributed by atoms with E-state index < -0.39 is 5.97 Å². The Morgan fingerprint density at radius 2 is 2.00 bits per heavy atom. The van der Waals surface area contributed by atoms with Crippen LogP contribution in [0.1, 0.15) is 5.56 Å². The summed E-state index contributed by atoms with van der Waals surface area (Å²) < 4.78 is 0. The van der Waals surface area contributed by atoms with Crippen LogP contribution in [0, 0.1) is 0 Å². The molecule has 1 heterocycles. The lowest BCUT2D eigenvalue weighted by Crippen LogP contribution is -2.28. The van der Waals surface area contributed by atoms with E-state index in [9.17, 15) is 9.59 Å². The molecule has 0 bridgehead atoms. The van der Waals surface area contributed by atoms with Crippen LogP contribution in [0.4, 0.5) is 0 Å². The van der Waals surface area contributed by atoms with E-state index in [1.807, 2.05) is 12.1 Å². The first-order valence-electron chi connectivity index (χ1n) is 5.02. The largest absolute Gasteiger partial charge is 0.481 e. The van der Waals surface area contributed by atoms with Gasteiger partial charge < -0.3 is 10.0 Å². The van der Waals surface area contributed by atoms with Gasteiger partial charge in [-0.15, -0.1) is 11.8 Å². The normalized spacial score (nSPS) is 9.94. The number of carbonyl (C=O) groups is 2. The molecule has 0 spiro atoms. The SMILES string of the molecule is CN(Cc1ccncc1)C(=O)CSCC(=O)O. The van der Waals surface area contributed by atoms with Gasteiger partial charge in [-0.2, -0.15) is 0 Å². The molecule has 0 aromatic carbocycles. The number of aromatic nitrogens is 1. The number of aliphatic carboxylic acids is 1. The molecule has 0 aliphatic carbocycles. The first-order valence-corrected chi connectivity index (χ1v) is 6.17. The molecule has 1 aromatic heterocycles. The van der Waals surface area contributed by atoms with Gasteiger partial charge >= 0.3 is 5.97 Å². The minimum Gasteiger partial charge on any atom is -0.481 e. The van der Waals surface area contributed by atoms with Crippen molar-refractivity contribution >= 4 is 23.6 Å². The molecular formula is C11H14N2O3S. The summed E-state index contributed by atoms with van der Waals surface area (Å²) in [5.74, 6) is -0.837. The van der Waals surface area contributed by atoms with Gasteiger partial charge in [-0.3, -0.25) is 14.6 Å². The van der Waals surface area contributed by atoms with Crippen LogP contribution < -0.4 is 0 Å². The van der Waals surface area contributed by atoms with Gasteiger partial charge in [-0.25, -0.2) is 0 Å². The van der Waals surface area contributed by atoms with Crippen molar-refractivity contribution in [2.45, 2.75) is 6.54 Å². The van der Waals surface area contributed by atoms with Crippen molar-refractivity contribution in [2.75, 3.05) is 18.6 Å². The monoisotopic (exact) mass is 254 g/mol. The molecular weight excluding hydrogens is 240 g/mol. The Hall–Kier alpha value is -1.56. The van der Waals surface area contributed by atoms with Crippen LogP contribution in [0.15, 0.2) is 24.5 Å². The number of nitrogens with zero attached hydrogens (tertiary/aromatic N) is 2. The Balaban J connectivity index is 2.34. The molecule has 1 aromatic rings. The van der Waals surface area contributed by atoms with Crippen LogP contribution in [-0.2, 0) is 16.1 Å². The Kier molecular flexibility index (Phi) is 5.48. The van der Waals surface area contributed by atoms with Gasteiger partial charge in [0.25, 0.3) is 0 Å². The fourth-order valence-electron chi connectivity index (χ4n) is 1.19. The predicted molar refractivity (Wildman–Crippen MR) is 65.7 cm³/mol. The number of carboxylic acid groups (broad SMARTS) is 1. The van der Waals surface area contributed by atoms with Crippen LogP contribution in [0.25, 0.3) is 0 Å². The number of amides is 1. The summed E-state index contributed by atoms with van der Waals surface area (Å²) in [6.07, 6.45) is 3.35. The first-order chi connectivity index (χ1) is 8.09. The molecule has 1 amide bonds. The molecule has 5 nitrogen and oxygen atoms in total. The Bertz CT molecular complexity index is 384. The van der Waals surface area contributed by atoms with E-state index in [2.05, 4.69) is 4.98 Å². The average molecular weight is 254 g/mol. The summed E-state index contributed by atoms with van der Waals surface area (Å²) in [4.78, 5) is 27.4. The number of carboxylic acids is 1. The van der Waals surface area contributed by atoms with Gasteiger partial charge in [-0.05, 0) is 17.7 Å². The van der Waals surface area contributed by atoms with Crippen LogP contribution in [0.2, 0.25) is 0 Å². The predicted octanol–water partition coefficient (Wildman–Crippen LogP) is 0.858. The fourth-order valence-corrected chi connectivity index (χ4v) is 1.86. The topological polar surface area (TPSA) is 70.5 Å². The van der Waals surface area contributed by atoms with E-state index in [0.717, 1.165) is 17.3 Å². The van der Waals surface area contributed by atoms with E-state index in [-0.39, 0.29) is 17.4 Å². The van der Waals surface area contributed by atoms with Crippen molar-refractivity contribution in [1.29, 1.82) is 0 Å². The maximum atomic E-state index is 11.6. The lowest BCUT2D eigenvalue weighted by atomic mass is 10.2. The van der Waals surface area contributed by atoms with Crippen LogP contribution in [0.3, 0.4) is 0 Å². The molecule has 0 saturated carbocycles. The minimum absolute atomic E-state index is 0.0468. The van der Waals surface area contributed by atoms with Gasteiger partial charge in [0.2, 0.25) is 5.91 Å². The van der Waals surface area contributed by atoms with Crippen LogP contribution in [-0.4, -0.2) is 45.4 Å². The number of pyridine rings is 1. The zero-order valence-electron chi connectivity index (χ0n) is 9.50. The molecule has 92 valence electrons. The summed E-state index contributed by atoms with van der Waals surface area (Å²) in [6, 6.07) is 3.68. The van der Waals surface area contributed by atoms with Gasteiger partial charge in [0.1, 0.15) is 0 Å². The molecule has 1 N–H and O–H groups in total. The summed E-state index contributed by atoms with van der Waals surface area (Å²) in [6.45, 7) is 0.509. The number of rotatable bonds is 6. The van der Waals surface area contributed by atoms with E-state index in [0.29, 0.717) is 6.54 Å². The highest BCUT2D eigenvalue weighted by atomic mass is 32.2. The van der Waals surface area contributed by atoms with Crippen molar-refractivity contribution in [3.8, 4) is 0 Å². The third-order valence-electron chi connectivity index (χ3n) is 2.05. The second-order valence-electron chi connectivity index (χ2n) is 3.49. The van der Waals surface area contributed by atoms with Crippen molar-refractivity contribution in [3.05, 3.63) is 30.1 Å². The molecule has 0 aliphatic rings. The summed E-state index contributed by atoms with van der Waals surface area (Å²) >= 11 is 1.11. The van der Waals surface area contributed by atoms with Crippen molar-refractivity contribution in [2.24, 2.45) is 0 Å². The van der Waals surface area contributed by atoms with Crippen molar-refractivity contribution < 1.29 is 14.7 Å². The highest BCUT2D eigenvalue weighted by Crippen LogP contribution is 2.05. The highest BCUT2D eigenvalue weighted by Gasteiger charge is 2.10. The first kappa shape index (κ1) is 13.5. The average Bonchev–Trinajstić information content (AvgIpc) is 2.29. The third kappa shape index (κ3) is 5.35. The van der Waals surface area contributed by atoms with Gasteiger partial charge in [0, 0.05) is 26.0 Å². The lowest BCUT2D eigenvalue weighted by molar-refractivity contribution is -0.133. The lowest BCUT2D eigenvalue weighted by Gasteiger charge is -2.16. The Labute approximate surface area is 104 Å². The standard InChI is InChI=1S/C11H14N2O3S/c1-13(6-9-2-4-12-5-3-9)10(14)7-17-8-11(15)16/h2-5H,6-8H2,1H3,(H,15,16). The maximum Gasteiger partial charge on any atom is 0.313 e. The molecule has 0 fully saturated rings. The molecule has 0 atom stereocenters. The maximum absolute atomic E-state index is 11.6. The molecule has 0 radical (unpaired) electrons. The van der Waals surface area contributed by atoms with Crippen LogP contribution >= 0.6 is 11.8 Å². The summed E-state index contributed by atoms with van der Waals surface area (Å²) in [5, 5.41) is 8.45. The molecule has 1 rings (SSSR count). The Morgan fingerprint density at radius 3 is 2.59 bits per heavy atom. The third-order valence-corrected chi connectivity index (χ3v) is 2.95. The quantitative estimate of drug-likeness (QED) is 0.815. The van der Waals surface area contributed by atoms with Gasteiger partial charge in [0.15, 0.2) is 0 Å². The number of carbonyl (C=O) groups excluding carboxylic acids is 1. The van der Waals surface area contributed by atoms with E-state index in [1.54, 1.807) is 24.3 Å². The minimum atomic E-state index is -0.903. The zero-order chi connectivity index (χ0) is 12.7.